The highest BCUT2D eigenvalue weighted by Crippen LogP contribution is 2.28. The summed E-state index contributed by atoms with van der Waals surface area (Å²) >= 11 is 0. The lowest BCUT2D eigenvalue weighted by Gasteiger charge is -2.22. The average molecular weight is 340 g/mol. The summed E-state index contributed by atoms with van der Waals surface area (Å²) < 4.78 is 33.0. The van der Waals surface area contributed by atoms with Gasteiger partial charge in [0.15, 0.2) is 0 Å². The van der Waals surface area contributed by atoms with E-state index >= 15 is 0 Å². The molecule has 7 heteroatoms. The smallest absolute Gasteiger partial charge is 0.244 e. The Kier molecular flexibility index (Phi) is 6.01. The molecule has 23 heavy (non-hydrogen) atoms. The zero-order chi connectivity index (χ0) is 16.9. The highest BCUT2D eigenvalue weighted by molar-refractivity contribution is 7.89. The van der Waals surface area contributed by atoms with Gasteiger partial charge in [0.25, 0.3) is 0 Å². The van der Waals surface area contributed by atoms with Crippen LogP contribution >= 0.6 is 0 Å². The second kappa shape index (κ2) is 7.79. The van der Waals surface area contributed by atoms with Gasteiger partial charge in [-0.15, -0.1) is 0 Å². The van der Waals surface area contributed by atoms with Crippen molar-refractivity contribution in [3.05, 3.63) is 18.2 Å². The molecule has 1 aromatic rings. The van der Waals surface area contributed by atoms with E-state index in [-0.39, 0.29) is 16.6 Å². The van der Waals surface area contributed by atoms with Gasteiger partial charge in [0.2, 0.25) is 15.9 Å². The fraction of sp³-hybridized carbons (Fsp3) is 0.562. The minimum absolute atomic E-state index is 0.0436. The molecule has 2 N–H and O–H groups in total. The fourth-order valence-corrected chi connectivity index (χ4v) is 4.17. The highest BCUT2D eigenvalue weighted by atomic mass is 32.2. The van der Waals surface area contributed by atoms with E-state index in [1.165, 1.54) is 26.5 Å². The molecule has 0 atom stereocenters. The maximum Gasteiger partial charge on any atom is 0.244 e. The molecule has 1 aliphatic rings. The molecule has 1 amide bonds. The first-order valence-electron chi connectivity index (χ1n) is 7.87. The third kappa shape index (κ3) is 4.94. The number of nitrogens with one attached hydrogen (secondary N) is 2. The van der Waals surface area contributed by atoms with Gasteiger partial charge in [-0.1, -0.05) is 19.3 Å². The number of methoxy groups -OCH3 is 1. The van der Waals surface area contributed by atoms with Crippen LogP contribution in [0.2, 0.25) is 0 Å². The molecule has 6 nitrogen and oxygen atoms in total. The summed E-state index contributed by atoms with van der Waals surface area (Å²) in [5, 5.41) is 2.59. The standard InChI is InChI=1S/C16H24N2O4S/c1-12(19)18-14-8-9-15(22-2)16(10-14)23(20,21)17-11-13-6-4-3-5-7-13/h8-10,13,17H,3-7,11H2,1-2H3,(H,18,19). The molecule has 0 aliphatic heterocycles. The van der Waals surface area contributed by atoms with Crippen LogP contribution < -0.4 is 14.8 Å². The number of carbonyl (C=O) groups excluding carboxylic acids is 1. The lowest BCUT2D eigenvalue weighted by Crippen LogP contribution is -2.30. The molecular weight excluding hydrogens is 316 g/mol. The van der Waals surface area contributed by atoms with E-state index in [2.05, 4.69) is 10.0 Å². The van der Waals surface area contributed by atoms with Gasteiger partial charge in [-0.2, -0.15) is 0 Å². The van der Waals surface area contributed by atoms with Gasteiger partial charge in [0.05, 0.1) is 7.11 Å². The molecule has 2 rings (SSSR count). The van der Waals surface area contributed by atoms with Crippen LogP contribution in [0.25, 0.3) is 0 Å². The highest BCUT2D eigenvalue weighted by Gasteiger charge is 2.22. The van der Waals surface area contributed by atoms with Crippen LogP contribution in [0.5, 0.6) is 5.75 Å². The molecule has 128 valence electrons. The molecule has 0 bridgehead atoms. The number of ether oxygens (including phenoxy) is 1. The van der Waals surface area contributed by atoms with Gasteiger partial charge in [0, 0.05) is 19.2 Å². The van der Waals surface area contributed by atoms with Crippen molar-refractivity contribution < 1.29 is 17.9 Å². The molecule has 0 spiro atoms. The summed E-state index contributed by atoms with van der Waals surface area (Å²) in [5.74, 6) is 0.395. The van der Waals surface area contributed by atoms with Crippen molar-refractivity contribution in [1.82, 2.24) is 4.72 Å². The van der Waals surface area contributed by atoms with E-state index in [1.807, 2.05) is 0 Å². The Morgan fingerprint density at radius 1 is 1.26 bits per heavy atom. The van der Waals surface area contributed by atoms with Gasteiger partial charge < -0.3 is 10.1 Å². The molecule has 0 unspecified atom stereocenters. The van der Waals surface area contributed by atoms with Crippen LogP contribution in [0.15, 0.2) is 23.1 Å². The summed E-state index contributed by atoms with van der Waals surface area (Å²) in [5.41, 5.74) is 0.427. The summed E-state index contributed by atoms with van der Waals surface area (Å²) in [6.45, 7) is 1.82. The molecule has 1 aliphatic carbocycles. The van der Waals surface area contributed by atoms with E-state index in [9.17, 15) is 13.2 Å². The minimum Gasteiger partial charge on any atom is -0.495 e. The SMILES string of the molecule is COc1ccc(NC(C)=O)cc1S(=O)(=O)NCC1CCCCC1. The molecule has 0 radical (unpaired) electrons. The van der Waals surface area contributed by atoms with Crippen molar-refractivity contribution in [2.24, 2.45) is 5.92 Å². The van der Waals surface area contributed by atoms with E-state index in [0.717, 1.165) is 25.7 Å². The Bertz CT molecular complexity index is 652. The minimum atomic E-state index is -3.69. The van der Waals surface area contributed by atoms with E-state index in [4.69, 9.17) is 4.74 Å². The van der Waals surface area contributed by atoms with E-state index in [0.29, 0.717) is 18.2 Å². The third-order valence-corrected chi connectivity index (χ3v) is 5.51. The molecule has 1 fully saturated rings. The Morgan fingerprint density at radius 3 is 2.57 bits per heavy atom. The lowest BCUT2D eigenvalue weighted by atomic mass is 9.90. The first-order chi connectivity index (χ1) is 10.9. The maximum absolute atomic E-state index is 12.6. The molecule has 0 saturated heterocycles. The summed E-state index contributed by atoms with van der Waals surface area (Å²) in [7, 11) is -2.26. The number of carbonyl (C=O) groups is 1. The van der Waals surface area contributed by atoms with Crippen LogP contribution in [0.4, 0.5) is 5.69 Å². The zero-order valence-electron chi connectivity index (χ0n) is 13.6. The van der Waals surface area contributed by atoms with Gasteiger partial charge in [-0.25, -0.2) is 13.1 Å². The predicted octanol–water partition coefficient (Wildman–Crippen LogP) is 2.51. The quantitative estimate of drug-likeness (QED) is 0.833. The Labute approximate surface area is 137 Å². The number of hydrogen-bond donors (Lipinski definition) is 2. The zero-order valence-corrected chi connectivity index (χ0v) is 14.4. The van der Waals surface area contributed by atoms with Crippen LogP contribution in [0.1, 0.15) is 39.0 Å². The van der Waals surface area contributed by atoms with Crippen LogP contribution in [-0.2, 0) is 14.8 Å². The predicted molar refractivity (Wildman–Crippen MR) is 89.1 cm³/mol. The van der Waals surface area contributed by atoms with Crippen molar-refractivity contribution >= 4 is 21.6 Å². The number of anilines is 1. The molecule has 0 aromatic heterocycles. The van der Waals surface area contributed by atoms with E-state index < -0.39 is 10.0 Å². The number of hydrogen-bond acceptors (Lipinski definition) is 4. The Hall–Kier alpha value is -1.60. The maximum atomic E-state index is 12.6. The van der Waals surface area contributed by atoms with Crippen molar-refractivity contribution in [3.63, 3.8) is 0 Å². The largest absolute Gasteiger partial charge is 0.495 e. The van der Waals surface area contributed by atoms with E-state index in [1.54, 1.807) is 12.1 Å². The van der Waals surface area contributed by atoms with Crippen molar-refractivity contribution in [2.45, 2.75) is 43.9 Å². The number of benzene rings is 1. The lowest BCUT2D eigenvalue weighted by molar-refractivity contribution is -0.114. The molecule has 1 saturated carbocycles. The topological polar surface area (TPSA) is 84.5 Å². The number of sulfonamides is 1. The fourth-order valence-electron chi connectivity index (χ4n) is 2.86. The summed E-state index contributed by atoms with van der Waals surface area (Å²) in [6, 6.07) is 4.57. The van der Waals surface area contributed by atoms with Gasteiger partial charge in [-0.05, 0) is 37.0 Å². The normalized spacial score (nSPS) is 16.1. The monoisotopic (exact) mass is 340 g/mol. The second-order valence-electron chi connectivity index (χ2n) is 5.90. The van der Waals surface area contributed by atoms with Gasteiger partial charge in [0.1, 0.15) is 10.6 Å². The average Bonchev–Trinajstić information content (AvgIpc) is 2.53. The van der Waals surface area contributed by atoms with Gasteiger partial charge >= 0.3 is 0 Å². The van der Waals surface area contributed by atoms with Crippen LogP contribution in [-0.4, -0.2) is 28.0 Å². The van der Waals surface area contributed by atoms with Crippen LogP contribution in [0.3, 0.4) is 0 Å². The summed E-state index contributed by atoms with van der Waals surface area (Å²) in [6.07, 6.45) is 5.68. The van der Waals surface area contributed by atoms with Crippen molar-refractivity contribution in [1.29, 1.82) is 0 Å². The van der Waals surface area contributed by atoms with Crippen molar-refractivity contribution in [3.8, 4) is 5.75 Å². The van der Waals surface area contributed by atoms with Crippen molar-refractivity contribution in [2.75, 3.05) is 19.0 Å². The molecule has 0 heterocycles. The van der Waals surface area contributed by atoms with Gasteiger partial charge in [-0.3, -0.25) is 4.79 Å². The molecular formula is C16H24N2O4S. The second-order valence-corrected chi connectivity index (χ2v) is 7.64. The first kappa shape index (κ1) is 17.7. The Balaban J connectivity index is 2.17. The van der Waals surface area contributed by atoms with Crippen LogP contribution in [0, 0.1) is 5.92 Å². The Morgan fingerprint density at radius 2 is 1.96 bits per heavy atom. The summed E-state index contributed by atoms with van der Waals surface area (Å²) in [4.78, 5) is 11.2. The first-order valence-corrected chi connectivity index (χ1v) is 9.36. The number of rotatable bonds is 6. The molecule has 1 aromatic carbocycles. The third-order valence-electron chi connectivity index (χ3n) is 4.06. The number of amides is 1.